The minimum absolute atomic E-state index is 0.0895. The number of allylic oxidation sites excluding steroid dienone is 4. The van der Waals surface area contributed by atoms with Crippen LogP contribution in [0.25, 0.3) is 17.0 Å². The third-order valence-electron chi connectivity index (χ3n) is 4.88. The Bertz CT molecular complexity index is 1210. The molecule has 32 heavy (non-hydrogen) atoms. The van der Waals surface area contributed by atoms with E-state index in [-0.39, 0.29) is 23.8 Å². The van der Waals surface area contributed by atoms with Crippen LogP contribution in [-0.4, -0.2) is 28.0 Å². The topological polar surface area (TPSA) is 66.0 Å². The second-order valence-corrected chi connectivity index (χ2v) is 7.95. The van der Waals surface area contributed by atoms with Gasteiger partial charge in [-0.3, -0.25) is 0 Å². The normalized spacial score (nSPS) is 17.7. The fourth-order valence-electron chi connectivity index (χ4n) is 3.48. The van der Waals surface area contributed by atoms with E-state index in [9.17, 15) is 31.1 Å². The maximum atomic E-state index is 13.2. The second kappa shape index (κ2) is 8.50. The summed E-state index contributed by atoms with van der Waals surface area (Å²) < 4.78 is 81.2. The van der Waals surface area contributed by atoms with Crippen molar-refractivity contribution in [2.45, 2.75) is 25.3 Å². The van der Waals surface area contributed by atoms with Gasteiger partial charge in [0.25, 0.3) is 0 Å². The van der Waals surface area contributed by atoms with E-state index in [2.05, 4.69) is 15.9 Å². The summed E-state index contributed by atoms with van der Waals surface area (Å²) in [7, 11) is 0. The molecule has 0 aliphatic heterocycles. The van der Waals surface area contributed by atoms with Gasteiger partial charge in [0, 0.05) is 28.2 Å². The molecule has 0 saturated heterocycles. The van der Waals surface area contributed by atoms with Crippen LogP contribution in [0.4, 0.5) is 26.3 Å². The molecule has 0 saturated carbocycles. The Morgan fingerprint density at radius 1 is 1.28 bits per heavy atom. The lowest BCUT2D eigenvalue weighted by atomic mass is 9.89. The van der Waals surface area contributed by atoms with Gasteiger partial charge in [0.15, 0.2) is 0 Å². The van der Waals surface area contributed by atoms with Crippen molar-refractivity contribution in [1.29, 1.82) is 5.26 Å². The smallest absolute Gasteiger partial charge is 0.416 e. The lowest BCUT2D eigenvalue weighted by Gasteiger charge is -2.25. The number of alkyl halides is 6. The monoisotopic (exact) mass is 518 g/mol. The summed E-state index contributed by atoms with van der Waals surface area (Å²) in [6, 6.07) is 6.39. The Kier molecular flexibility index (Phi) is 6.29. The highest BCUT2D eigenvalue weighted by atomic mass is 79.9. The maximum Gasteiger partial charge on any atom is 0.416 e. The highest BCUT2D eigenvalue weighted by Gasteiger charge is 2.44. The van der Waals surface area contributed by atoms with Crippen LogP contribution in [0.15, 0.2) is 57.7 Å². The van der Waals surface area contributed by atoms with Crippen LogP contribution in [0.5, 0.6) is 0 Å². The highest BCUT2D eigenvalue weighted by Crippen LogP contribution is 2.41. The molecule has 1 heterocycles. The molecule has 11 heteroatoms. The number of nitriles is 1. The molecule has 1 aliphatic rings. The fraction of sp³-hybridized carbons (Fsp3) is 0.238. The van der Waals surface area contributed by atoms with Gasteiger partial charge in [0.2, 0.25) is 0 Å². The van der Waals surface area contributed by atoms with E-state index in [1.807, 2.05) is 0 Å². The Hall–Kier alpha value is -3.00. The van der Waals surface area contributed by atoms with Crippen LogP contribution in [0.3, 0.4) is 0 Å². The molecule has 1 N–H and O–H groups in total. The Balaban J connectivity index is 2.11. The van der Waals surface area contributed by atoms with Crippen LogP contribution in [0.1, 0.15) is 12.0 Å². The largest absolute Gasteiger partial charge is 0.477 e. The molecule has 0 fully saturated rings. The van der Waals surface area contributed by atoms with Crippen molar-refractivity contribution in [2.24, 2.45) is 5.92 Å². The van der Waals surface area contributed by atoms with Gasteiger partial charge in [0.05, 0.1) is 17.0 Å². The van der Waals surface area contributed by atoms with Gasteiger partial charge in [-0.1, -0.05) is 28.1 Å². The van der Waals surface area contributed by atoms with Crippen molar-refractivity contribution in [3.8, 4) is 6.07 Å². The van der Waals surface area contributed by atoms with E-state index in [4.69, 9.17) is 10.4 Å². The van der Waals surface area contributed by atoms with Crippen LogP contribution in [0.2, 0.25) is 0 Å². The molecular formula is C21H13BrF6N2O2. The predicted molar refractivity (Wildman–Crippen MR) is 107 cm³/mol. The van der Waals surface area contributed by atoms with E-state index in [1.165, 1.54) is 16.8 Å². The minimum Gasteiger partial charge on any atom is -0.477 e. The molecule has 3 rings (SSSR count). The zero-order valence-corrected chi connectivity index (χ0v) is 17.5. The average Bonchev–Trinajstić information content (AvgIpc) is 3.02. The molecule has 0 radical (unpaired) electrons. The van der Waals surface area contributed by atoms with Gasteiger partial charge in [-0.15, -0.1) is 0 Å². The summed E-state index contributed by atoms with van der Waals surface area (Å²) in [4.78, 5) is 11.2. The first-order valence-corrected chi connectivity index (χ1v) is 9.78. The number of aromatic nitrogens is 1. The Morgan fingerprint density at radius 2 is 1.97 bits per heavy atom. The summed E-state index contributed by atoms with van der Waals surface area (Å²) in [5, 5.41) is 18.6. The first-order chi connectivity index (χ1) is 14.8. The number of rotatable bonds is 4. The molecule has 1 aromatic heterocycles. The SMILES string of the molecule is N#C/C(=C\c1cn(CC2=CC(C(F)(F)F)=CC(C(F)(F)F)C2)c2cccc(Br)c12)C(=O)O. The van der Waals surface area contributed by atoms with Gasteiger partial charge in [-0.25, -0.2) is 4.79 Å². The first-order valence-electron chi connectivity index (χ1n) is 8.99. The molecule has 1 atom stereocenters. The molecule has 168 valence electrons. The van der Waals surface area contributed by atoms with Crippen molar-refractivity contribution in [3.63, 3.8) is 0 Å². The molecule has 0 bridgehead atoms. The minimum atomic E-state index is -4.94. The fourth-order valence-corrected chi connectivity index (χ4v) is 4.06. The predicted octanol–water partition coefficient (Wildman–Crippen LogP) is 6.39. The number of aliphatic carboxylic acids is 1. The third-order valence-corrected chi connectivity index (χ3v) is 5.54. The zero-order valence-electron chi connectivity index (χ0n) is 15.9. The molecule has 0 amide bonds. The average molecular weight is 519 g/mol. The number of nitrogens with zero attached hydrogens (tertiary/aromatic N) is 2. The van der Waals surface area contributed by atoms with E-state index >= 15 is 0 Å². The van der Waals surface area contributed by atoms with Crippen LogP contribution in [0, 0.1) is 17.2 Å². The summed E-state index contributed by atoms with van der Waals surface area (Å²) in [6.07, 6.45) is -7.03. The second-order valence-electron chi connectivity index (χ2n) is 7.10. The number of halogens is 7. The Morgan fingerprint density at radius 3 is 2.53 bits per heavy atom. The van der Waals surface area contributed by atoms with Gasteiger partial charge in [-0.05, 0) is 36.3 Å². The molecule has 1 aromatic carbocycles. The molecule has 1 unspecified atom stereocenters. The summed E-state index contributed by atoms with van der Waals surface area (Å²) in [6.45, 7) is -0.282. The van der Waals surface area contributed by atoms with E-state index in [0.29, 0.717) is 21.5 Å². The number of carboxylic acids is 1. The highest BCUT2D eigenvalue weighted by molar-refractivity contribution is 9.10. The van der Waals surface area contributed by atoms with Crippen LogP contribution < -0.4 is 0 Å². The third kappa shape index (κ3) is 4.91. The van der Waals surface area contributed by atoms with Crippen LogP contribution in [-0.2, 0) is 11.3 Å². The van der Waals surface area contributed by atoms with Crippen molar-refractivity contribution in [3.05, 3.63) is 63.3 Å². The van der Waals surface area contributed by atoms with Crippen molar-refractivity contribution >= 4 is 38.9 Å². The van der Waals surface area contributed by atoms with Gasteiger partial charge >= 0.3 is 18.3 Å². The molecule has 1 aliphatic carbocycles. The van der Waals surface area contributed by atoms with Gasteiger partial charge in [-0.2, -0.15) is 31.6 Å². The summed E-state index contributed by atoms with van der Waals surface area (Å²) >= 11 is 3.31. The van der Waals surface area contributed by atoms with Crippen molar-refractivity contribution in [1.82, 2.24) is 4.57 Å². The number of carboxylic acid groups (broad SMARTS) is 1. The van der Waals surface area contributed by atoms with E-state index in [1.54, 1.807) is 18.2 Å². The lowest BCUT2D eigenvalue weighted by molar-refractivity contribution is -0.162. The number of fused-ring (bicyclic) bond motifs is 1. The first kappa shape index (κ1) is 23.7. The van der Waals surface area contributed by atoms with Crippen molar-refractivity contribution < 1.29 is 36.2 Å². The standard InChI is InChI=1S/C21H13BrF6N2O2/c22-16-2-1-3-17-18(16)13(6-12(8-29)19(31)32)10-30(17)9-11-4-14(20(23,24)25)7-15(5-11)21(26,27)28/h1-4,6-7,10,15H,5,9H2,(H,31,32)/b12-6+. The summed E-state index contributed by atoms with van der Waals surface area (Å²) in [5.41, 5.74) is -1.30. The van der Waals surface area contributed by atoms with E-state index < -0.39 is 41.8 Å². The zero-order chi connectivity index (χ0) is 23.8. The number of hydrogen-bond acceptors (Lipinski definition) is 2. The van der Waals surface area contributed by atoms with Crippen molar-refractivity contribution in [2.75, 3.05) is 0 Å². The number of carbonyl (C=O) groups is 1. The quantitative estimate of drug-likeness (QED) is 0.289. The number of hydrogen-bond donors (Lipinski definition) is 1. The van der Waals surface area contributed by atoms with E-state index in [0.717, 1.165) is 6.08 Å². The lowest BCUT2D eigenvalue weighted by Crippen LogP contribution is -2.27. The molecule has 0 spiro atoms. The summed E-state index contributed by atoms with van der Waals surface area (Å²) in [5.74, 6) is -3.74. The molecule has 2 aromatic rings. The van der Waals surface area contributed by atoms with Gasteiger partial charge < -0.3 is 9.67 Å². The number of benzene rings is 1. The molecular weight excluding hydrogens is 506 g/mol. The molecule has 4 nitrogen and oxygen atoms in total. The van der Waals surface area contributed by atoms with Gasteiger partial charge in [0.1, 0.15) is 11.6 Å². The Labute approximate surface area is 185 Å². The maximum absolute atomic E-state index is 13.2. The van der Waals surface area contributed by atoms with Crippen LogP contribution >= 0.6 is 15.9 Å².